The van der Waals surface area contributed by atoms with Crippen LogP contribution in [-0.4, -0.2) is 57.8 Å². The molecule has 9 nitrogen and oxygen atoms in total. The van der Waals surface area contributed by atoms with Crippen molar-refractivity contribution in [3.8, 4) is 23.0 Å². The first-order chi connectivity index (χ1) is 18.0. The number of sulfonamides is 1. The Bertz CT molecular complexity index is 1520. The Balaban J connectivity index is 1.50. The van der Waals surface area contributed by atoms with Gasteiger partial charge in [-0.1, -0.05) is 6.07 Å². The maximum absolute atomic E-state index is 13.0. The maximum Gasteiger partial charge on any atom is 0.243 e. The summed E-state index contributed by atoms with van der Waals surface area (Å²) in [6, 6.07) is 16.2. The zero-order valence-electron chi connectivity index (χ0n) is 20.5. The Labute approximate surface area is 219 Å². The van der Waals surface area contributed by atoms with Crippen molar-refractivity contribution in [1.29, 1.82) is 0 Å². The summed E-state index contributed by atoms with van der Waals surface area (Å²) in [5.41, 5.74) is 2.53. The number of ether oxygens (including phenoxy) is 3. The molecule has 0 spiro atoms. The number of morpholine rings is 1. The molecule has 11 heteroatoms. The third-order valence-electron chi connectivity index (χ3n) is 6.03. The fourth-order valence-corrected chi connectivity index (χ4v) is 6.41. The second-order valence-corrected chi connectivity index (χ2v) is 11.1. The van der Waals surface area contributed by atoms with Gasteiger partial charge in [0.25, 0.3) is 0 Å². The smallest absolute Gasteiger partial charge is 0.243 e. The maximum atomic E-state index is 13.0. The third-order valence-corrected chi connectivity index (χ3v) is 8.81. The van der Waals surface area contributed by atoms with Gasteiger partial charge >= 0.3 is 0 Å². The SMILES string of the molecule is COc1ccc(Cn2c(-c3ccco3)csc2=Nc2ccc(S(=O)(=O)N3CCOCC3)cc2)cc1OC. The van der Waals surface area contributed by atoms with Crippen molar-refractivity contribution in [2.75, 3.05) is 40.5 Å². The van der Waals surface area contributed by atoms with Crippen molar-refractivity contribution >= 4 is 27.0 Å². The highest BCUT2D eigenvalue weighted by molar-refractivity contribution is 7.89. The zero-order chi connectivity index (χ0) is 25.8. The zero-order valence-corrected chi connectivity index (χ0v) is 22.1. The molecule has 1 aliphatic rings. The number of rotatable bonds is 8. The van der Waals surface area contributed by atoms with E-state index < -0.39 is 10.0 Å². The molecule has 1 saturated heterocycles. The molecule has 0 unspecified atom stereocenters. The van der Waals surface area contributed by atoms with Crippen LogP contribution in [0, 0.1) is 0 Å². The summed E-state index contributed by atoms with van der Waals surface area (Å²) in [4.78, 5) is 5.82. The standard InChI is InChI=1S/C26H27N3O6S2/c1-32-24-10-5-19(16-25(24)33-2)17-29-22(23-4-3-13-35-23)18-36-26(29)27-20-6-8-21(9-7-20)37(30,31)28-11-14-34-15-12-28/h3-10,13,16,18H,11-12,14-15,17H2,1-2H3. The number of methoxy groups -OCH3 is 2. The lowest BCUT2D eigenvalue weighted by Crippen LogP contribution is -2.40. The number of hydrogen-bond donors (Lipinski definition) is 0. The first-order valence-electron chi connectivity index (χ1n) is 11.7. The van der Waals surface area contributed by atoms with Gasteiger partial charge in [-0.15, -0.1) is 11.3 Å². The number of thiazole rings is 1. The summed E-state index contributed by atoms with van der Waals surface area (Å²) in [6.07, 6.45) is 1.64. The van der Waals surface area contributed by atoms with Crippen molar-refractivity contribution in [2.45, 2.75) is 11.4 Å². The Hall–Kier alpha value is -3.38. The van der Waals surface area contributed by atoms with Gasteiger partial charge in [-0.05, 0) is 54.1 Å². The summed E-state index contributed by atoms with van der Waals surface area (Å²) in [7, 11) is -0.350. The molecule has 0 bridgehead atoms. The van der Waals surface area contributed by atoms with Crippen molar-refractivity contribution in [3.05, 3.63) is 76.6 Å². The van der Waals surface area contributed by atoms with Gasteiger partial charge in [0.15, 0.2) is 22.1 Å². The molecule has 2 aromatic carbocycles. The van der Waals surface area contributed by atoms with E-state index >= 15 is 0 Å². The molecule has 3 heterocycles. The average molecular weight is 542 g/mol. The predicted molar refractivity (Wildman–Crippen MR) is 140 cm³/mol. The molecule has 0 saturated carbocycles. The molecule has 0 aliphatic carbocycles. The van der Waals surface area contributed by atoms with Gasteiger partial charge < -0.3 is 23.2 Å². The molecule has 194 valence electrons. The summed E-state index contributed by atoms with van der Waals surface area (Å²) in [5, 5.41) is 2.00. The summed E-state index contributed by atoms with van der Waals surface area (Å²) >= 11 is 1.48. The van der Waals surface area contributed by atoms with Gasteiger partial charge in [-0.3, -0.25) is 0 Å². The van der Waals surface area contributed by atoms with Crippen molar-refractivity contribution in [2.24, 2.45) is 4.99 Å². The van der Waals surface area contributed by atoms with E-state index in [0.717, 1.165) is 21.8 Å². The first kappa shape index (κ1) is 25.3. The minimum atomic E-state index is -3.56. The molecule has 1 fully saturated rings. The lowest BCUT2D eigenvalue weighted by molar-refractivity contribution is 0.0730. The molecule has 4 aromatic rings. The third kappa shape index (κ3) is 5.35. The molecule has 0 radical (unpaired) electrons. The quantitative estimate of drug-likeness (QED) is 0.333. The van der Waals surface area contributed by atoms with Gasteiger partial charge in [0, 0.05) is 18.5 Å². The second kappa shape index (κ2) is 10.9. The molecule has 5 rings (SSSR count). The van der Waals surface area contributed by atoms with Crippen LogP contribution in [0.25, 0.3) is 11.5 Å². The average Bonchev–Trinajstić information content (AvgIpc) is 3.60. The lowest BCUT2D eigenvalue weighted by Gasteiger charge is -2.26. The fourth-order valence-electron chi connectivity index (χ4n) is 4.09. The predicted octanol–water partition coefficient (Wildman–Crippen LogP) is 4.13. The van der Waals surface area contributed by atoms with E-state index in [1.165, 1.54) is 15.6 Å². The van der Waals surface area contributed by atoms with Crippen LogP contribution in [0.4, 0.5) is 5.69 Å². The Morgan fingerprint density at radius 2 is 1.76 bits per heavy atom. The van der Waals surface area contributed by atoms with Crippen molar-refractivity contribution in [1.82, 2.24) is 8.87 Å². The van der Waals surface area contributed by atoms with Crippen LogP contribution in [-0.2, 0) is 21.3 Å². The van der Waals surface area contributed by atoms with E-state index in [-0.39, 0.29) is 4.90 Å². The summed E-state index contributed by atoms with van der Waals surface area (Å²) < 4.78 is 51.2. The monoisotopic (exact) mass is 541 g/mol. The van der Waals surface area contributed by atoms with Gasteiger partial charge in [0.1, 0.15) is 0 Å². The number of aromatic nitrogens is 1. The Morgan fingerprint density at radius 3 is 2.43 bits per heavy atom. The lowest BCUT2D eigenvalue weighted by atomic mass is 10.2. The van der Waals surface area contributed by atoms with Gasteiger partial charge in [-0.2, -0.15) is 4.31 Å². The molecule has 0 N–H and O–H groups in total. The molecule has 37 heavy (non-hydrogen) atoms. The van der Waals surface area contributed by atoms with Crippen LogP contribution in [0.15, 0.2) is 80.5 Å². The van der Waals surface area contributed by atoms with Crippen LogP contribution in [0.1, 0.15) is 5.56 Å². The van der Waals surface area contributed by atoms with E-state index in [0.29, 0.717) is 50.0 Å². The normalized spacial score (nSPS) is 15.1. The van der Waals surface area contributed by atoms with E-state index in [9.17, 15) is 8.42 Å². The molecular weight excluding hydrogens is 514 g/mol. The van der Waals surface area contributed by atoms with Crippen LogP contribution in [0.5, 0.6) is 11.5 Å². The first-order valence-corrected chi connectivity index (χ1v) is 14.0. The fraction of sp³-hybridized carbons (Fsp3) is 0.269. The second-order valence-electron chi connectivity index (χ2n) is 8.28. The highest BCUT2D eigenvalue weighted by atomic mass is 32.2. The highest BCUT2D eigenvalue weighted by Crippen LogP contribution is 2.29. The molecule has 0 amide bonds. The Morgan fingerprint density at radius 1 is 1.00 bits per heavy atom. The highest BCUT2D eigenvalue weighted by Gasteiger charge is 2.26. The van der Waals surface area contributed by atoms with E-state index in [1.54, 1.807) is 44.7 Å². The van der Waals surface area contributed by atoms with Gasteiger partial charge in [0.2, 0.25) is 10.0 Å². The number of hydrogen-bond acceptors (Lipinski definition) is 8. The van der Waals surface area contributed by atoms with E-state index in [1.807, 2.05) is 35.7 Å². The van der Waals surface area contributed by atoms with Gasteiger partial charge in [-0.25, -0.2) is 13.4 Å². The topological polar surface area (TPSA) is 95.5 Å². The molecule has 1 aliphatic heterocycles. The summed E-state index contributed by atoms with van der Waals surface area (Å²) in [6.45, 7) is 2.04. The van der Waals surface area contributed by atoms with Crippen molar-refractivity contribution in [3.63, 3.8) is 0 Å². The number of benzene rings is 2. The minimum absolute atomic E-state index is 0.244. The van der Waals surface area contributed by atoms with Gasteiger partial charge in [0.05, 0.1) is 56.5 Å². The molecule has 0 atom stereocenters. The minimum Gasteiger partial charge on any atom is -0.493 e. The number of furan rings is 1. The van der Waals surface area contributed by atoms with Crippen LogP contribution in [0.2, 0.25) is 0 Å². The van der Waals surface area contributed by atoms with E-state index in [4.69, 9.17) is 23.6 Å². The largest absolute Gasteiger partial charge is 0.493 e. The number of nitrogens with zero attached hydrogens (tertiary/aromatic N) is 3. The van der Waals surface area contributed by atoms with E-state index in [2.05, 4.69) is 4.57 Å². The molecule has 2 aromatic heterocycles. The van der Waals surface area contributed by atoms with Crippen LogP contribution >= 0.6 is 11.3 Å². The van der Waals surface area contributed by atoms with Crippen molar-refractivity contribution < 1.29 is 27.0 Å². The van der Waals surface area contributed by atoms with Crippen LogP contribution < -0.4 is 14.3 Å². The van der Waals surface area contributed by atoms with Crippen LogP contribution in [0.3, 0.4) is 0 Å². The molecular formula is C26H27N3O6S2. The Kier molecular flexibility index (Phi) is 7.47. The summed E-state index contributed by atoms with van der Waals surface area (Å²) in [5.74, 6) is 2.03.